The molecule has 2 unspecified atom stereocenters. The van der Waals surface area contributed by atoms with Crippen LogP contribution in [0.15, 0.2) is 30.3 Å². The van der Waals surface area contributed by atoms with Gasteiger partial charge in [0.2, 0.25) is 11.8 Å². The van der Waals surface area contributed by atoms with Gasteiger partial charge in [-0.3, -0.25) is 15.0 Å². The second kappa shape index (κ2) is 9.73. The van der Waals surface area contributed by atoms with E-state index in [1.54, 1.807) is 4.90 Å². The average molecular weight is 401 g/mol. The number of carbonyl (C=O) groups excluding carboxylic acids is 2. The highest BCUT2D eigenvalue weighted by Crippen LogP contribution is 2.20. The van der Waals surface area contributed by atoms with E-state index in [0.29, 0.717) is 32.5 Å². The van der Waals surface area contributed by atoms with Crippen LogP contribution in [-0.2, 0) is 16.0 Å². The van der Waals surface area contributed by atoms with Crippen molar-refractivity contribution in [3.8, 4) is 0 Å². The Balaban J connectivity index is 1.52. The predicted molar refractivity (Wildman–Crippen MR) is 112 cm³/mol. The first-order valence-electron chi connectivity index (χ1n) is 10.4. The number of likely N-dealkylation sites (tertiary alicyclic amines) is 2. The minimum absolute atomic E-state index is 0.0843. The predicted octanol–water partition coefficient (Wildman–Crippen LogP) is 0.269. The van der Waals surface area contributed by atoms with Crippen molar-refractivity contribution in [2.75, 3.05) is 26.2 Å². The van der Waals surface area contributed by atoms with E-state index in [1.165, 1.54) is 0 Å². The molecule has 3 atom stereocenters. The van der Waals surface area contributed by atoms with Crippen LogP contribution in [0.3, 0.4) is 0 Å². The lowest BCUT2D eigenvalue weighted by Gasteiger charge is -2.33. The molecule has 0 radical (unpaired) electrons. The monoisotopic (exact) mass is 400 g/mol. The average Bonchev–Trinajstić information content (AvgIpc) is 3.22. The molecule has 2 amide bonds. The van der Waals surface area contributed by atoms with Gasteiger partial charge in [-0.2, -0.15) is 0 Å². The molecular formula is C21H32N6O2. The highest BCUT2D eigenvalue weighted by Gasteiger charge is 2.36. The Labute approximate surface area is 172 Å². The van der Waals surface area contributed by atoms with Crippen LogP contribution in [0.1, 0.15) is 31.2 Å². The smallest absolute Gasteiger partial charge is 0.242 e. The fourth-order valence-electron chi connectivity index (χ4n) is 4.28. The van der Waals surface area contributed by atoms with Crippen molar-refractivity contribution >= 4 is 17.8 Å². The molecular weight excluding hydrogens is 368 g/mol. The number of nitrogens with two attached hydrogens (primary N) is 2. The first kappa shape index (κ1) is 21.1. The molecule has 3 rings (SSSR count). The lowest BCUT2D eigenvalue weighted by Crippen LogP contribution is -2.53. The van der Waals surface area contributed by atoms with E-state index >= 15 is 0 Å². The summed E-state index contributed by atoms with van der Waals surface area (Å²) in [4.78, 5) is 29.1. The van der Waals surface area contributed by atoms with Crippen molar-refractivity contribution in [3.63, 3.8) is 0 Å². The zero-order valence-electron chi connectivity index (χ0n) is 16.8. The van der Waals surface area contributed by atoms with Gasteiger partial charge in [0, 0.05) is 26.2 Å². The Kier molecular flexibility index (Phi) is 7.09. The topological polar surface area (TPSA) is 129 Å². The molecule has 0 bridgehead atoms. The van der Waals surface area contributed by atoms with Gasteiger partial charge in [0.15, 0.2) is 5.96 Å². The Morgan fingerprint density at radius 3 is 2.62 bits per heavy atom. The van der Waals surface area contributed by atoms with E-state index in [-0.39, 0.29) is 23.7 Å². The summed E-state index contributed by atoms with van der Waals surface area (Å²) in [6, 6.07) is 8.60. The van der Waals surface area contributed by atoms with Crippen LogP contribution in [0.2, 0.25) is 0 Å². The summed E-state index contributed by atoms with van der Waals surface area (Å²) < 4.78 is 0. The molecule has 8 nitrogen and oxygen atoms in total. The first-order valence-corrected chi connectivity index (χ1v) is 10.4. The van der Waals surface area contributed by atoms with Crippen molar-refractivity contribution in [2.24, 2.45) is 17.4 Å². The summed E-state index contributed by atoms with van der Waals surface area (Å²) in [6.45, 7) is 2.59. The fourth-order valence-corrected chi connectivity index (χ4v) is 4.28. The third-order valence-corrected chi connectivity index (χ3v) is 5.88. The van der Waals surface area contributed by atoms with Crippen LogP contribution in [0.4, 0.5) is 0 Å². The molecule has 1 aromatic rings. The van der Waals surface area contributed by atoms with Crippen LogP contribution in [0, 0.1) is 11.3 Å². The molecule has 1 aromatic carbocycles. The van der Waals surface area contributed by atoms with Gasteiger partial charge >= 0.3 is 0 Å². The molecule has 0 aliphatic carbocycles. The van der Waals surface area contributed by atoms with E-state index in [2.05, 4.69) is 5.32 Å². The summed E-state index contributed by atoms with van der Waals surface area (Å²) in [7, 11) is 0. The minimum Gasteiger partial charge on any atom is -0.370 e. The number of rotatable bonds is 6. The lowest BCUT2D eigenvalue weighted by molar-refractivity contribution is -0.139. The molecule has 8 heteroatoms. The molecule has 2 aliphatic rings. The van der Waals surface area contributed by atoms with E-state index in [9.17, 15) is 9.59 Å². The molecule has 0 saturated carbocycles. The van der Waals surface area contributed by atoms with Gasteiger partial charge in [-0.05, 0) is 43.6 Å². The summed E-state index contributed by atoms with van der Waals surface area (Å²) >= 11 is 0. The number of carbonyl (C=O) groups is 2. The number of benzene rings is 1. The Hall–Kier alpha value is -2.61. The van der Waals surface area contributed by atoms with Gasteiger partial charge in [-0.1, -0.05) is 30.3 Å². The maximum Gasteiger partial charge on any atom is 0.242 e. The van der Waals surface area contributed by atoms with E-state index in [1.807, 2.05) is 35.2 Å². The summed E-state index contributed by atoms with van der Waals surface area (Å²) in [5, 5.41) is 10.6. The summed E-state index contributed by atoms with van der Waals surface area (Å²) in [5.41, 5.74) is 12.8. The molecule has 0 aromatic heterocycles. The van der Waals surface area contributed by atoms with Gasteiger partial charge in [0.05, 0.1) is 6.04 Å². The Morgan fingerprint density at radius 1 is 1.17 bits per heavy atom. The molecule has 29 heavy (non-hydrogen) atoms. The number of hydrogen-bond donors (Lipinski definition) is 4. The van der Waals surface area contributed by atoms with Crippen LogP contribution in [0.5, 0.6) is 0 Å². The zero-order valence-corrected chi connectivity index (χ0v) is 16.8. The van der Waals surface area contributed by atoms with E-state index < -0.39 is 12.1 Å². The van der Waals surface area contributed by atoms with Crippen molar-refractivity contribution in [2.45, 2.75) is 44.2 Å². The first-order chi connectivity index (χ1) is 14.0. The fraction of sp³-hybridized carbons (Fsp3) is 0.571. The molecule has 0 spiro atoms. The van der Waals surface area contributed by atoms with Crippen LogP contribution < -0.4 is 16.8 Å². The van der Waals surface area contributed by atoms with Crippen LogP contribution >= 0.6 is 0 Å². The number of nitrogens with zero attached hydrogens (tertiary/aromatic N) is 2. The maximum absolute atomic E-state index is 12.9. The zero-order chi connectivity index (χ0) is 20.8. The highest BCUT2D eigenvalue weighted by atomic mass is 16.2. The SMILES string of the molecule is N=C(N)N1CCCC(CNC(=O)[C@@H]2CCCN2C(=O)C(N)Cc2ccccc2)C1. The van der Waals surface area contributed by atoms with Gasteiger partial charge in [-0.15, -0.1) is 0 Å². The quantitative estimate of drug-likeness (QED) is 0.402. The van der Waals surface area contributed by atoms with Gasteiger partial charge in [-0.25, -0.2) is 0 Å². The van der Waals surface area contributed by atoms with Crippen LogP contribution in [-0.4, -0.2) is 65.8 Å². The Morgan fingerprint density at radius 2 is 1.90 bits per heavy atom. The highest BCUT2D eigenvalue weighted by molar-refractivity contribution is 5.90. The van der Waals surface area contributed by atoms with Gasteiger partial charge in [0.25, 0.3) is 0 Å². The normalized spacial score (nSPS) is 22.9. The Bertz CT molecular complexity index is 725. The molecule has 2 heterocycles. The molecule has 158 valence electrons. The number of guanidine groups is 1. The number of nitrogens with one attached hydrogen (secondary N) is 2. The van der Waals surface area contributed by atoms with Crippen LogP contribution in [0.25, 0.3) is 0 Å². The number of amides is 2. The standard InChI is InChI=1S/C21H32N6O2/c22-17(12-15-6-2-1-3-7-15)20(29)27-11-5-9-18(27)19(28)25-13-16-8-4-10-26(14-16)21(23)24/h1-3,6-7,16-18H,4-5,8-14,22H2,(H3,23,24)(H,25,28)/t16?,17?,18-/m0/s1. The second-order valence-electron chi connectivity index (χ2n) is 8.07. The number of hydrogen-bond acceptors (Lipinski definition) is 4. The largest absolute Gasteiger partial charge is 0.370 e. The molecule has 2 aliphatic heterocycles. The van der Waals surface area contributed by atoms with Crippen molar-refractivity contribution < 1.29 is 9.59 Å². The molecule has 6 N–H and O–H groups in total. The second-order valence-corrected chi connectivity index (χ2v) is 8.07. The third-order valence-electron chi connectivity index (χ3n) is 5.88. The summed E-state index contributed by atoms with van der Waals surface area (Å²) in [5.74, 6) is 0.0816. The van der Waals surface area contributed by atoms with Gasteiger partial charge in [0.1, 0.15) is 6.04 Å². The van der Waals surface area contributed by atoms with Crippen molar-refractivity contribution in [1.29, 1.82) is 5.41 Å². The van der Waals surface area contributed by atoms with Crippen molar-refractivity contribution in [3.05, 3.63) is 35.9 Å². The van der Waals surface area contributed by atoms with E-state index in [0.717, 1.165) is 31.4 Å². The number of piperidine rings is 1. The van der Waals surface area contributed by atoms with E-state index in [4.69, 9.17) is 16.9 Å². The summed E-state index contributed by atoms with van der Waals surface area (Å²) in [6.07, 6.45) is 3.90. The maximum atomic E-state index is 12.9. The molecule has 2 saturated heterocycles. The lowest BCUT2D eigenvalue weighted by atomic mass is 9.98. The van der Waals surface area contributed by atoms with Gasteiger partial charge < -0.3 is 26.6 Å². The molecule has 2 fully saturated rings. The third kappa shape index (κ3) is 5.47. The van der Waals surface area contributed by atoms with Crippen molar-refractivity contribution in [1.82, 2.24) is 15.1 Å². The minimum atomic E-state index is -0.645.